The number of nitrogens with one attached hydrogen (secondary N) is 3. The number of ether oxygens (including phenoxy) is 1. The minimum absolute atomic E-state index is 0.0360. The van der Waals surface area contributed by atoms with E-state index in [-0.39, 0.29) is 23.8 Å². The van der Waals surface area contributed by atoms with Crippen LogP contribution in [0.15, 0.2) is 30.7 Å². The van der Waals surface area contributed by atoms with Gasteiger partial charge in [-0.05, 0) is 45.2 Å². The molecular weight excluding hydrogens is 470 g/mol. The highest BCUT2D eigenvalue weighted by Gasteiger charge is 2.35. The van der Waals surface area contributed by atoms with Crippen LogP contribution >= 0.6 is 0 Å². The van der Waals surface area contributed by atoms with Gasteiger partial charge in [-0.3, -0.25) is 19.9 Å². The summed E-state index contributed by atoms with van der Waals surface area (Å²) in [5.41, 5.74) is 3.36. The highest BCUT2D eigenvalue weighted by Crippen LogP contribution is 2.34. The summed E-state index contributed by atoms with van der Waals surface area (Å²) in [6.07, 6.45) is 5.49. The van der Waals surface area contributed by atoms with E-state index in [0.717, 1.165) is 11.1 Å². The zero-order valence-corrected chi connectivity index (χ0v) is 22.5. The lowest BCUT2D eigenvalue weighted by molar-refractivity contribution is -0.118. The van der Waals surface area contributed by atoms with Crippen LogP contribution in [-0.2, 0) is 22.6 Å². The van der Waals surface area contributed by atoms with E-state index in [4.69, 9.17) is 10.1 Å². The molecule has 3 aromatic rings. The molecule has 0 radical (unpaired) electrons. The second-order valence-electron chi connectivity index (χ2n) is 10.6. The Morgan fingerprint density at radius 3 is 2.62 bits per heavy atom. The van der Waals surface area contributed by atoms with Gasteiger partial charge in [0.2, 0.25) is 17.8 Å². The number of aryl methyl sites for hydroxylation is 1. The lowest BCUT2D eigenvalue weighted by atomic mass is 9.99. The third kappa shape index (κ3) is 6.04. The molecule has 11 heteroatoms. The summed E-state index contributed by atoms with van der Waals surface area (Å²) in [5.74, 6) is 1.37. The zero-order valence-electron chi connectivity index (χ0n) is 22.5. The van der Waals surface area contributed by atoms with Gasteiger partial charge in [-0.15, -0.1) is 0 Å². The van der Waals surface area contributed by atoms with Gasteiger partial charge in [0.25, 0.3) is 0 Å². The maximum Gasteiger partial charge on any atom is 0.247 e. The molecule has 196 valence electrons. The minimum Gasteiger partial charge on any atom is -0.471 e. The molecule has 4 heterocycles. The van der Waals surface area contributed by atoms with E-state index in [1.165, 1.54) is 0 Å². The van der Waals surface area contributed by atoms with Crippen molar-refractivity contribution in [3.8, 4) is 0 Å². The van der Waals surface area contributed by atoms with Crippen molar-refractivity contribution in [1.29, 1.82) is 5.41 Å². The van der Waals surface area contributed by atoms with Gasteiger partial charge < -0.3 is 20.3 Å². The summed E-state index contributed by atoms with van der Waals surface area (Å²) < 4.78 is 7.41. The first-order valence-electron chi connectivity index (χ1n) is 12.3. The molecule has 1 atom stereocenters. The number of anilines is 3. The normalized spacial score (nSPS) is 15.4. The zero-order chi connectivity index (χ0) is 26.9. The largest absolute Gasteiger partial charge is 0.471 e. The first-order chi connectivity index (χ1) is 17.4. The van der Waals surface area contributed by atoms with Gasteiger partial charge in [-0.1, -0.05) is 19.9 Å². The average Bonchev–Trinajstić information content (AvgIpc) is 3.25. The van der Waals surface area contributed by atoms with E-state index < -0.39 is 5.60 Å². The van der Waals surface area contributed by atoms with Gasteiger partial charge in [-0.25, -0.2) is 4.98 Å². The highest BCUT2D eigenvalue weighted by molar-refractivity contribution is 6.03. The summed E-state index contributed by atoms with van der Waals surface area (Å²) in [5, 5.41) is 18.8. The summed E-state index contributed by atoms with van der Waals surface area (Å²) in [6, 6.07) is 3.42. The molecule has 0 saturated carbocycles. The van der Waals surface area contributed by atoms with Crippen LogP contribution in [0.25, 0.3) is 0 Å². The second kappa shape index (κ2) is 10.2. The van der Waals surface area contributed by atoms with E-state index in [0.29, 0.717) is 41.9 Å². The van der Waals surface area contributed by atoms with Crippen molar-refractivity contribution in [3.05, 3.63) is 53.2 Å². The molecule has 11 nitrogen and oxygen atoms in total. The fraction of sp³-hybridized carbons (Fsp3) is 0.462. The predicted molar refractivity (Wildman–Crippen MR) is 143 cm³/mol. The van der Waals surface area contributed by atoms with Crippen LogP contribution in [0, 0.1) is 18.3 Å². The molecule has 3 N–H and O–H groups in total. The van der Waals surface area contributed by atoms with Crippen molar-refractivity contribution in [2.24, 2.45) is 5.92 Å². The Morgan fingerprint density at radius 1 is 1.22 bits per heavy atom. The number of hydrogen-bond donors (Lipinski definition) is 3. The number of pyridine rings is 1. The smallest absolute Gasteiger partial charge is 0.247 e. The van der Waals surface area contributed by atoms with Gasteiger partial charge in [-0.2, -0.15) is 10.1 Å². The molecule has 37 heavy (non-hydrogen) atoms. The van der Waals surface area contributed by atoms with E-state index in [9.17, 15) is 4.79 Å². The SMILES string of the molecule is Cc1nc(NCc2cnn(Cc3ccc(C(=N)OC(C)(C)C)nc3)c2)nc2c1NC(=O)[C@H](C(C)C)N2C. The van der Waals surface area contributed by atoms with Gasteiger partial charge in [0.1, 0.15) is 23.0 Å². The quantitative estimate of drug-likeness (QED) is 0.328. The standard InChI is InChI=1S/C26H35N9O2/c1-15(2)21-24(36)32-20-16(3)31-25(33-23(20)34(21)7)29-11-18-12-30-35(14-18)13-17-8-9-19(28-10-17)22(27)37-26(4,5)6/h8-10,12,14-15,21,27H,11,13H2,1-7H3,(H,32,36)(H,29,31,33)/t21-/m0/s1. The summed E-state index contributed by atoms with van der Waals surface area (Å²) in [6.45, 7) is 12.7. The van der Waals surface area contributed by atoms with Gasteiger partial charge >= 0.3 is 0 Å². The number of carbonyl (C=O) groups excluding carboxylic acids is 1. The molecule has 4 rings (SSSR count). The number of rotatable bonds is 7. The fourth-order valence-corrected chi connectivity index (χ4v) is 4.26. The van der Waals surface area contributed by atoms with Gasteiger partial charge in [0.15, 0.2) is 5.82 Å². The molecule has 1 aliphatic rings. The first kappa shape index (κ1) is 26.1. The molecular formula is C26H35N9O2. The lowest BCUT2D eigenvalue weighted by Gasteiger charge is -2.36. The minimum atomic E-state index is -0.442. The molecule has 3 aromatic heterocycles. The Hall–Kier alpha value is -4.02. The number of fused-ring (bicyclic) bond motifs is 1. The molecule has 1 aliphatic heterocycles. The van der Waals surface area contributed by atoms with Crippen molar-refractivity contribution < 1.29 is 9.53 Å². The lowest BCUT2D eigenvalue weighted by Crippen LogP contribution is -2.49. The average molecular weight is 506 g/mol. The van der Waals surface area contributed by atoms with Crippen LogP contribution in [0.4, 0.5) is 17.5 Å². The Labute approximate surface area is 217 Å². The first-order valence-corrected chi connectivity index (χ1v) is 12.3. The summed E-state index contributed by atoms with van der Waals surface area (Å²) in [4.78, 5) is 28.0. The molecule has 0 saturated heterocycles. The number of aromatic nitrogens is 5. The maximum absolute atomic E-state index is 12.5. The van der Waals surface area contributed by atoms with Gasteiger partial charge in [0, 0.05) is 31.5 Å². The highest BCUT2D eigenvalue weighted by atomic mass is 16.5. The van der Waals surface area contributed by atoms with E-state index >= 15 is 0 Å². The van der Waals surface area contributed by atoms with Crippen molar-refractivity contribution in [1.82, 2.24) is 24.7 Å². The Bertz CT molecular complexity index is 1290. The molecule has 0 aromatic carbocycles. The molecule has 0 aliphatic carbocycles. The topological polar surface area (TPSA) is 134 Å². The monoisotopic (exact) mass is 505 g/mol. The number of likely N-dealkylation sites (N-methyl/N-ethyl adjacent to an activating group) is 1. The summed E-state index contributed by atoms with van der Waals surface area (Å²) in [7, 11) is 1.89. The van der Waals surface area contributed by atoms with Crippen LogP contribution < -0.4 is 15.5 Å². The molecule has 0 unspecified atom stereocenters. The second-order valence-corrected chi connectivity index (χ2v) is 10.6. The molecule has 1 amide bonds. The van der Waals surface area contributed by atoms with Crippen LogP contribution in [0.5, 0.6) is 0 Å². The Kier molecular flexibility index (Phi) is 7.15. The van der Waals surface area contributed by atoms with Crippen LogP contribution in [-0.4, -0.2) is 55.2 Å². The van der Waals surface area contributed by atoms with Crippen molar-refractivity contribution in [2.45, 2.75) is 66.3 Å². The third-order valence-electron chi connectivity index (χ3n) is 5.92. The molecule has 0 fully saturated rings. The Morgan fingerprint density at radius 2 is 1.97 bits per heavy atom. The number of amides is 1. The molecule has 0 bridgehead atoms. The predicted octanol–water partition coefficient (Wildman–Crippen LogP) is 3.59. The van der Waals surface area contributed by atoms with Crippen molar-refractivity contribution >= 4 is 29.3 Å². The van der Waals surface area contributed by atoms with E-state index in [1.54, 1.807) is 18.5 Å². The van der Waals surface area contributed by atoms with E-state index in [1.807, 2.05) is 70.4 Å². The molecule has 0 spiro atoms. The van der Waals surface area contributed by atoms with Crippen molar-refractivity contribution in [3.63, 3.8) is 0 Å². The van der Waals surface area contributed by atoms with Crippen LogP contribution in [0.1, 0.15) is 57.1 Å². The van der Waals surface area contributed by atoms with Crippen LogP contribution in [0.2, 0.25) is 0 Å². The number of hydrogen-bond acceptors (Lipinski definition) is 9. The third-order valence-corrected chi connectivity index (χ3v) is 5.92. The number of carbonyl (C=O) groups is 1. The number of nitrogens with zero attached hydrogens (tertiary/aromatic N) is 6. The fourth-order valence-electron chi connectivity index (χ4n) is 4.26. The van der Waals surface area contributed by atoms with Crippen molar-refractivity contribution in [2.75, 3.05) is 22.6 Å². The summed E-state index contributed by atoms with van der Waals surface area (Å²) >= 11 is 0. The van der Waals surface area contributed by atoms with Crippen LogP contribution in [0.3, 0.4) is 0 Å². The van der Waals surface area contributed by atoms with Gasteiger partial charge in [0.05, 0.1) is 18.4 Å². The maximum atomic E-state index is 12.5. The van der Waals surface area contributed by atoms with E-state index in [2.05, 4.69) is 30.7 Å². The Balaban J connectivity index is 1.39.